The Morgan fingerprint density at radius 1 is 0.410 bits per heavy atom. The van der Waals surface area contributed by atoms with Crippen molar-refractivity contribution in [3.63, 3.8) is 0 Å². The molecule has 0 amide bonds. The van der Waals surface area contributed by atoms with Crippen LogP contribution in [-0.2, 0) is 42.9 Å². The highest BCUT2D eigenvalue weighted by Crippen LogP contribution is 2.26. The van der Waals surface area contributed by atoms with Crippen LogP contribution in [0.25, 0.3) is 0 Å². The van der Waals surface area contributed by atoms with E-state index in [0.717, 1.165) is 116 Å². The molecule has 6 unspecified atom stereocenters. The van der Waals surface area contributed by atoms with Crippen LogP contribution in [0.3, 0.4) is 0 Å². The molecule has 3 N–H and O–H groups in total. The molecule has 0 aromatic heterocycles. The molecule has 12 heteroatoms. The smallest absolute Gasteiger partial charge is 0.335 e. The standard InChI is InChI=1S/C71H116O12/c1-4-7-10-13-16-19-22-25-28-30-32-34-37-39-42-45-48-51-54-57-63(72)79-60-62(81-64(73)58-55-52-49-46-43-40-36-27-24-21-18-15-12-9-6-3)61-80-71-69(67(76)66(75)68(83-71)70(77)78)82-65(74)59-56-53-50-47-44-41-38-35-33-31-29-26-23-20-17-14-11-8-5-2/h7,10,16-17,19-20,25-26,28-29,32-35,39,42,48,51,62,66-69,71,75-76H,4-6,8-9,11-15,18,21-24,27,30-31,36-38,40-41,43-47,49-50,52-61H2,1-3H3,(H,77,78)/b10-7-,19-16-,20-17-,28-25-,29-26-,34-32-,35-33-,42-39-,51-48-. The molecule has 0 aromatic rings. The van der Waals surface area contributed by atoms with Gasteiger partial charge in [-0.1, -0.05) is 259 Å². The van der Waals surface area contributed by atoms with Gasteiger partial charge in [0.25, 0.3) is 0 Å². The summed E-state index contributed by atoms with van der Waals surface area (Å²) in [6.07, 6.45) is 66.2. The van der Waals surface area contributed by atoms with E-state index in [2.05, 4.69) is 118 Å². The molecule has 6 atom stereocenters. The molecule has 0 saturated carbocycles. The van der Waals surface area contributed by atoms with Crippen LogP contribution in [0.5, 0.6) is 0 Å². The number of hydrogen-bond acceptors (Lipinski definition) is 11. The van der Waals surface area contributed by atoms with Gasteiger partial charge >= 0.3 is 23.9 Å². The second-order valence-electron chi connectivity index (χ2n) is 22.0. The molecule has 83 heavy (non-hydrogen) atoms. The first-order valence-electron chi connectivity index (χ1n) is 32.9. The Kier molecular flexibility index (Phi) is 53.2. The van der Waals surface area contributed by atoms with Crippen molar-refractivity contribution in [1.82, 2.24) is 0 Å². The second kappa shape index (κ2) is 57.8. The maximum absolute atomic E-state index is 13.2. The third-order valence-electron chi connectivity index (χ3n) is 14.3. The minimum absolute atomic E-state index is 0.0351. The zero-order chi connectivity index (χ0) is 60.3. The molecule has 0 radical (unpaired) electrons. The van der Waals surface area contributed by atoms with E-state index < -0.39 is 67.3 Å². The van der Waals surface area contributed by atoms with Crippen molar-refractivity contribution in [2.24, 2.45) is 0 Å². The number of aliphatic hydroxyl groups is 2. The third kappa shape index (κ3) is 47.3. The van der Waals surface area contributed by atoms with Crippen molar-refractivity contribution in [2.45, 2.75) is 302 Å². The average Bonchev–Trinajstić information content (AvgIpc) is 3.57. The summed E-state index contributed by atoms with van der Waals surface area (Å²) in [6.45, 7) is 5.81. The maximum Gasteiger partial charge on any atom is 0.335 e. The van der Waals surface area contributed by atoms with Gasteiger partial charge in [-0.2, -0.15) is 0 Å². The van der Waals surface area contributed by atoms with E-state index in [1.54, 1.807) is 0 Å². The van der Waals surface area contributed by atoms with Crippen LogP contribution in [0.1, 0.15) is 265 Å². The van der Waals surface area contributed by atoms with E-state index in [1.807, 2.05) is 12.2 Å². The summed E-state index contributed by atoms with van der Waals surface area (Å²) in [5, 5.41) is 31.6. The normalized spacial score (nSPS) is 18.3. The number of ether oxygens (including phenoxy) is 5. The van der Waals surface area contributed by atoms with Gasteiger partial charge in [-0.15, -0.1) is 0 Å². The van der Waals surface area contributed by atoms with Crippen LogP contribution in [0.2, 0.25) is 0 Å². The Bertz CT molecular complexity index is 1860. The molecule has 1 saturated heterocycles. The number of esters is 3. The maximum atomic E-state index is 13.2. The van der Waals surface area contributed by atoms with Crippen LogP contribution < -0.4 is 0 Å². The van der Waals surface area contributed by atoms with E-state index in [9.17, 15) is 34.5 Å². The van der Waals surface area contributed by atoms with Gasteiger partial charge in [-0.05, 0) is 96.3 Å². The van der Waals surface area contributed by atoms with Crippen LogP contribution in [0, 0.1) is 0 Å². The van der Waals surface area contributed by atoms with Gasteiger partial charge < -0.3 is 39.0 Å². The highest BCUT2D eigenvalue weighted by Gasteiger charge is 2.50. The summed E-state index contributed by atoms with van der Waals surface area (Å²) < 4.78 is 28.4. The first-order chi connectivity index (χ1) is 40.6. The molecular formula is C71H116O12. The molecule has 1 fully saturated rings. The first-order valence-corrected chi connectivity index (χ1v) is 32.9. The van der Waals surface area contributed by atoms with E-state index in [4.69, 9.17) is 23.7 Å². The summed E-state index contributed by atoms with van der Waals surface area (Å²) in [4.78, 5) is 51.3. The van der Waals surface area contributed by atoms with Gasteiger partial charge in [0.1, 0.15) is 18.8 Å². The topological polar surface area (TPSA) is 175 Å². The highest BCUT2D eigenvalue weighted by molar-refractivity contribution is 5.74. The summed E-state index contributed by atoms with van der Waals surface area (Å²) in [7, 11) is 0. The van der Waals surface area contributed by atoms with Gasteiger partial charge in [0.15, 0.2) is 24.6 Å². The minimum Gasteiger partial charge on any atom is -0.479 e. The Labute approximate surface area is 504 Å². The molecule has 0 spiro atoms. The number of aliphatic hydroxyl groups excluding tert-OH is 2. The number of carbonyl (C=O) groups excluding carboxylic acids is 3. The fourth-order valence-electron chi connectivity index (χ4n) is 9.34. The predicted molar refractivity (Wildman–Crippen MR) is 340 cm³/mol. The van der Waals surface area contributed by atoms with Crippen molar-refractivity contribution in [2.75, 3.05) is 13.2 Å². The van der Waals surface area contributed by atoms with E-state index in [0.29, 0.717) is 19.3 Å². The molecule has 1 rings (SSSR count). The van der Waals surface area contributed by atoms with E-state index in [-0.39, 0.29) is 25.9 Å². The van der Waals surface area contributed by atoms with Gasteiger partial charge in [0, 0.05) is 19.3 Å². The molecule has 1 aliphatic heterocycles. The number of allylic oxidation sites excluding steroid dienone is 18. The fraction of sp³-hybridized carbons (Fsp3) is 0.690. The number of carbonyl (C=O) groups is 4. The van der Waals surface area contributed by atoms with Gasteiger partial charge in [0.2, 0.25) is 0 Å². The zero-order valence-electron chi connectivity index (χ0n) is 52.2. The summed E-state index contributed by atoms with van der Waals surface area (Å²) in [5.74, 6) is -3.24. The predicted octanol–water partition coefficient (Wildman–Crippen LogP) is 17.8. The molecule has 1 aliphatic rings. The lowest BCUT2D eigenvalue weighted by Gasteiger charge is -2.40. The number of hydrogen-bond donors (Lipinski definition) is 3. The first kappa shape index (κ1) is 76.4. The van der Waals surface area contributed by atoms with E-state index >= 15 is 0 Å². The highest BCUT2D eigenvalue weighted by atomic mass is 16.7. The zero-order valence-corrected chi connectivity index (χ0v) is 52.2. The fourth-order valence-corrected chi connectivity index (χ4v) is 9.34. The lowest BCUT2D eigenvalue weighted by Crippen LogP contribution is -2.61. The molecule has 0 bridgehead atoms. The van der Waals surface area contributed by atoms with Gasteiger partial charge in [0.05, 0.1) is 6.61 Å². The molecule has 12 nitrogen and oxygen atoms in total. The Balaban J connectivity index is 2.71. The van der Waals surface area contributed by atoms with Crippen molar-refractivity contribution in [3.05, 3.63) is 109 Å². The van der Waals surface area contributed by atoms with Crippen molar-refractivity contribution in [1.29, 1.82) is 0 Å². The van der Waals surface area contributed by atoms with Gasteiger partial charge in [-0.3, -0.25) is 14.4 Å². The van der Waals surface area contributed by atoms with Crippen molar-refractivity contribution < 1.29 is 58.2 Å². The summed E-state index contributed by atoms with van der Waals surface area (Å²) >= 11 is 0. The molecule has 472 valence electrons. The summed E-state index contributed by atoms with van der Waals surface area (Å²) in [5.41, 5.74) is 0. The van der Waals surface area contributed by atoms with Gasteiger partial charge in [-0.25, -0.2) is 4.79 Å². The Morgan fingerprint density at radius 3 is 1.23 bits per heavy atom. The second-order valence-corrected chi connectivity index (χ2v) is 22.0. The number of rotatable bonds is 55. The number of carboxylic acids is 1. The van der Waals surface area contributed by atoms with Crippen LogP contribution in [0.4, 0.5) is 0 Å². The lowest BCUT2D eigenvalue weighted by molar-refractivity contribution is -0.301. The minimum atomic E-state index is -1.92. The largest absolute Gasteiger partial charge is 0.479 e. The average molecular weight is 1160 g/mol. The number of carboxylic acid groups (broad SMARTS) is 1. The van der Waals surface area contributed by atoms with Crippen LogP contribution >= 0.6 is 0 Å². The molecule has 0 aliphatic carbocycles. The molecule has 1 heterocycles. The van der Waals surface area contributed by atoms with Crippen LogP contribution in [0.15, 0.2) is 109 Å². The Morgan fingerprint density at radius 2 is 0.783 bits per heavy atom. The molecule has 0 aromatic carbocycles. The van der Waals surface area contributed by atoms with Crippen molar-refractivity contribution in [3.8, 4) is 0 Å². The summed E-state index contributed by atoms with van der Waals surface area (Å²) in [6, 6.07) is 0. The van der Waals surface area contributed by atoms with Crippen LogP contribution in [-0.4, -0.2) is 89.2 Å². The monoisotopic (exact) mass is 1160 g/mol. The SMILES string of the molecule is CC/C=C\C/C=C\C/C=C\C/C=C\C/C=C\C/C=C\CCC(=O)OCC(COC1OC(C(=O)O)C(O)C(O)C1OC(=O)CCCCCCCC/C=C\C/C=C\C/C=C\CCCCC)OC(=O)CCCCCCCCCCCCCCCCC. The number of aliphatic carboxylic acids is 1. The van der Waals surface area contributed by atoms with E-state index in [1.165, 1.54) is 89.9 Å². The molecular weight excluding hydrogens is 1040 g/mol. The quantitative estimate of drug-likeness (QED) is 0.0228. The lowest BCUT2D eigenvalue weighted by atomic mass is 9.98. The van der Waals surface area contributed by atoms with Crippen molar-refractivity contribution >= 4 is 23.9 Å². The Hall–Kier alpha value is -4.62. The number of unbranched alkanes of at least 4 members (excludes halogenated alkanes) is 23. The third-order valence-corrected chi connectivity index (χ3v) is 14.3.